The zero-order chi connectivity index (χ0) is 12.3. The van der Waals surface area contributed by atoms with Gasteiger partial charge in [-0.25, -0.2) is 0 Å². The molecule has 2 fully saturated rings. The lowest BCUT2D eigenvalue weighted by atomic mass is 9.90. The van der Waals surface area contributed by atoms with Gasteiger partial charge in [0.15, 0.2) is 0 Å². The molecule has 0 aromatic heterocycles. The highest BCUT2D eigenvalue weighted by molar-refractivity contribution is 5.76. The second kappa shape index (κ2) is 5.85. The number of nitrogens with zero attached hydrogens (tertiary/aromatic N) is 1. The molecule has 98 valence electrons. The van der Waals surface area contributed by atoms with Crippen LogP contribution in [0.2, 0.25) is 0 Å². The minimum Gasteiger partial charge on any atom is -0.340 e. The number of amides is 1. The Morgan fingerprint density at radius 3 is 2.59 bits per heavy atom. The maximum atomic E-state index is 12.3. The Bertz CT molecular complexity index is 261. The van der Waals surface area contributed by atoms with Crippen molar-refractivity contribution in [3.63, 3.8) is 0 Å². The number of nitrogens with one attached hydrogen (secondary N) is 1. The Balaban J connectivity index is 1.82. The van der Waals surface area contributed by atoms with E-state index < -0.39 is 0 Å². The monoisotopic (exact) mass is 238 g/mol. The summed E-state index contributed by atoms with van der Waals surface area (Å²) in [6.07, 6.45) is 5.48. The first kappa shape index (κ1) is 12.9. The minimum atomic E-state index is 0.399. The highest BCUT2D eigenvalue weighted by Crippen LogP contribution is 2.25. The Morgan fingerprint density at radius 2 is 1.94 bits per heavy atom. The summed E-state index contributed by atoms with van der Waals surface area (Å²) in [7, 11) is 0. The predicted octanol–water partition coefficient (Wildman–Crippen LogP) is 2.02. The molecule has 0 radical (unpaired) electrons. The average molecular weight is 238 g/mol. The molecule has 2 unspecified atom stereocenters. The minimum absolute atomic E-state index is 0.399. The lowest BCUT2D eigenvalue weighted by molar-refractivity contribution is -0.136. The van der Waals surface area contributed by atoms with E-state index in [0.717, 1.165) is 32.0 Å². The number of piperidine rings is 2. The smallest absolute Gasteiger partial charge is 0.223 e. The lowest BCUT2D eigenvalue weighted by Gasteiger charge is -2.37. The first-order valence-corrected chi connectivity index (χ1v) is 7.17. The molecule has 0 bridgehead atoms. The van der Waals surface area contributed by atoms with E-state index in [1.54, 1.807) is 0 Å². The zero-order valence-electron chi connectivity index (χ0n) is 11.2. The number of carbonyl (C=O) groups excluding carboxylic acids is 1. The number of rotatable bonds is 2. The predicted molar refractivity (Wildman–Crippen MR) is 69.8 cm³/mol. The van der Waals surface area contributed by atoms with Gasteiger partial charge in [-0.1, -0.05) is 6.92 Å². The van der Waals surface area contributed by atoms with Crippen LogP contribution in [0.4, 0.5) is 0 Å². The van der Waals surface area contributed by atoms with Crippen LogP contribution in [0.15, 0.2) is 0 Å². The molecule has 0 saturated carbocycles. The molecule has 1 N–H and O–H groups in total. The molecule has 17 heavy (non-hydrogen) atoms. The molecule has 1 amide bonds. The quantitative estimate of drug-likeness (QED) is 0.798. The van der Waals surface area contributed by atoms with E-state index in [-0.39, 0.29) is 0 Å². The molecule has 2 saturated heterocycles. The van der Waals surface area contributed by atoms with E-state index in [2.05, 4.69) is 24.1 Å². The van der Waals surface area contributed by atoms with Crippen LogP contribution in [0.3, 0.4) is 0 Å². The van der Waals surface area contributed by atoms with Crippen LogP contribution in [0, 0.1) is 11.8 Å². The van der Waals surface area contributed by atoms with E-state index in [9.17, 15) is 4.79 Å². The van der Waals surface area contributed by atoms with Crippen LogP contribution in [0.5, 0.6) is 0 Å². The van der Waals surface area contributed by atoms with Gasteiger partial charge in [0.05, 0.1) is 0 Å². The lowest BCUT2D eigenvalue weighted by Crippen LogP contribution is -2.45. The van der Waals surface area contributed by atoms with Crippen molar-refractivity contribution in [1.29, 1.82) is 0 Å². The Morgan fingerprint density at radius 1 is 1.24 bits per heavy atom. The van der Waals surface area contributed by atoms with Crippen LogP contribution >= 0.6 is 0 Å². The number of hydrogen-bond donors (Lipinski definition) is 1. The molecular formula is C14H26N2O. The molecular weight excluding hydrogens is 212 g/mol. The summed E-state index contributed by atoms with van der Waals surface area (Å²) >= 11 is 0. The second-order valence-corrected chi connectivity index (χ2v) is 5.96. The Hall–Kier alpha value is -0.570. The SMILES string of the molecule is CC1CCN(C(=O)CC2CCNCC2)C(C)C1. The van der Waals surface area contributed by atoms with Crippen LogP contribution in [-0.2, 0) is 4.79 Å². The normalized spacial score (nSPS) is 31.5. The zero-order valence-corrected chi connectivity index (χ0v) is 11.2. The van der Waals surface area contributed by atoms with Gasteiger partial charge in [0.25, 0.3) is 0 Å². The second-order valence-electron chi connectivity index (χ2n) is 5.96. The standard InChI is InChI=1S/C14H26N2O/c1-11-5-8-16(12(2)9-11)14(17)10-13-3-6-15-7-4-13/h11-13,15H,3-10H2,1-2H3. The van der Waals surface area contributed by atoms with Crippen LogP contribution in [-0.4, -0.2) is 36.5 Å². The number of hydrogen-bond acceptors (Lipinski definition) is 2. The molecule has 0 aliphatic carbocycles. The van der Waals surface area contributed by atoms with Gasteiger partial charge in [0.1, 0.15) is 0 Å². The van der Waals surface area contributed by atoms with E-state index in [1.165, 1.54) is 25.7 Å². The van der Waals surface area contributed by atoms with Crippen molar-refractivity contribution in [3.8, 4) is 0 Å². The van der Waals surface area contributed by atoms with E-state index in [4.69, 9.17) is 0 Å². The molecule has 2 rings (SSSR count). The van der Waals surface area contributed by atoms with Crippen LogP contribution in [0.1, 0.15) is 46.0 Å². The van der Waals surface area contributed by atoms with Crippen molar-refractivity contribution in [2.75, 3.05) is 19.6 Å². The van der Waals surface area contributed by atoms with E-state index in [1.807, 2.05) is 0 Å². The highest BCUT2D eigenvalue weighted by Gasteiger charge is 2.28. The summed E-state index contributed by atoms with van der Waals surface area (Å²) in [5, 5.41) is 3.36. The van der Waals surface area contributed by atoms with Crippen LogP contribution in [0.25, 0.3) is 0 Å². The van der Waals surface area contributed by atoms with Crippen molar-refractivity contribution in [2.45, 2.75) is 52.0 Å². The maximum Gasteiger partial charge on any atom is 0.223 e. The largest absolute Gasteiger partial charge is 0.340 e. The summed E-state index contributed by atoms with van der Waals surface area (Å²) in [6.45, 7) is 7.66. The van der Waals surface area contributed by atoms with Gasteiger partial charge < -0.3 is 10.2 Å². The summed E-state index contributed by atoms with van der Waals surface area (Å²) in [6, 6.07) is 0.452. The summed E-state index contributed by atoms with van der Waals surface area (Å²) in [4.78, 5) is 14.4. The molecule has 3 heteroatoms. The molecule has 0 spiro atoms. The third-order valence-corrected chi connectivity index (χ3v) is 4.38. The van der Waals surface area contributed by atoms with Gasteiger partial charge in [-0.3, -0.25) is 4.79 Å². The van der Waals surface area contributed by atoms with Gasteiger partial charge >= 0.3 is 0 Å². The molecule has 2 heterocycles. The topological polar surface area (TPSA) is 32.3 Å². The summed E-state index contributed by atoms with van der Waals surface area (Å²) in [5.41, 5.74) is 0. The first-order chi connectivity index (χ1) is 8.16. The van der Waals surface area contributed by atoms with Gasteiger partial charge in [-0.15, -0.1) is 0 Å². The van der Waals surface area contributed by atoms with Crippen molar-refractivity contribution >= 4 is 5.91 Å². The fourth-order valence-corrected chi connectivity index (χ4v) is 3.23. The van der Waals surface area contributed by atoms with E-state index in [0.29, 0.717) is 17.9 Å². The number of likely N-dealkylation sites (tertiary alicyclic amines) is 1. The summed E-state index contributed by atoms with van der Waals surface area (Å²) in [5.74, 6) is 1.81. The average Bonchev–Trinajstić information content (AvgIpc) is 2.30. The Kier molecular flexibility index (Phi) is 4.43. The third-order valence-electron chi connectivity index (χ3n) is 4.38. The van der Waals surface area contributed by atoms with Crippen molar-refractivity contribution in [3.05, 3.63) is 0 Å². The summed E-state index contributed by atoms with van der Waals surface area (Å²) < 4.78 is 0. The number of carbonyl (C=O) groups is 1. The maximum absolute atomic E-state index is 12.3. The van der Waals surface area contributed by atoms with Gasteiger partial charge in [-0.05, 0) is 57.5 Å². The fraction of sp³-hybridized carbons (Fsp3) is 0.929. The van der Waals surface area contributed by atoms with Crippen molar-refractivity contribution in [1.82, 2.24) is 10.2 Å². The molecule has 3 nitrogen and oxygen atoms in total. The van der Waals surface area contributed by atoms with Crippen molar-refractivity contribution in [2.24, 2.45) is 11.8 Å². The van der Waals surface area contributed by atoms with Gasteiger partial charge in [0.2, 0.25) is 5.91 Å². The Labute approximate surface area is 105 Å². The van der Waals surface area contributed by atoms with Crippen LogP contribution < -0.4 is 5.32 Å². The molecule has 2 atom stereocenters. The molecule has 2 aliphatic heterocycles. The van der Waals surface area contributed by atoms with Gasteiger partial charge in [0, 0.05) is 19.0 Å². The van der Waals surface area contributed by atoms with Gasteiger partial charge in [-0.2, -0.15) is 0 Å². The highest BCUT2D eigenvalue weighted by atomic mass is 16.2. The first-order valence-electron chi connectivity index (χ1n) is 7.17. The fourth-order valence-electron chi connectivity index (χ4n) is 3.23. The third kappa shape index (κ3) is 3.44. The van der Waals surface area contributed by atoms with E-state index >= 15 is 0 Å². The molecule has 2 aliphatic rings. The molecule has 0 aromatic carbocycles. The van der Waals surface area contributed by atoms with Crippen molar-refractivity contribution < 1.29 is 4.79 Å². The molecule has 0 aromatic rings.